The van der Waals surface area contributed by atoms with Crippen LogP contribution in [0.1, 0.15) is 61.0 Å². The Labute approximate surface area is 255 Å². The lowest BCUT2D eigenvalue weighted by atomic mass is 9.70. The molecule has 2 aliphatic heterocycles. The molecule has 2 heterocycles. The first kappa shape index (κ1) is 30.6. The topological polar surface area (TPSA) is 79.0 Å². The van der Waals surface area contributed by atoms with Gasteiger partial charge >= 0.3 is 0 Å². The zero-order chi connectivity index (χ0) is 30.1. The number of carbonyl (C=O) groups excluding carboxylic acids is 1. The van der Waals surface area contributed by atoms with Crippen LogP contribution >= 0.6 is 11.6 Å². The van der Waals surface area contributed by atoms with Gasteiger partial charge in [0, 0.05) is 48.2 Å². The number of hydrogen-bond donors (Lipinski definition) is 1. The van der Waals surface area contributed by atoms with E-state index in [2.05, 4.69) is 39.8 Å². The summed E-state index contributed by atoms with van der Waals surface area (Å²) in [5.41, 5.74) is 3.42. The maximum Gasteiger partial charge on any atom is 0.264 e. The number of benzene rings is 2. The van der Waals surface area contributed by atoms with E-state index in [1.54, 1.807) is 31.2 Å². The van der Waals surface area contributed by atoms with Crippen molar-refractivity contribution in [3.63, 3.8) is 0 Å². The molecule has 0 bridgehead atoms. The van der Waals surface area contributed by atoms with Crippen LogP contribution < -0.4 is 14.4 Å². The van der Waals surface area contributed by atoms with Gasteiger partial charge in [-0.2, -0.15) is 0 Å². The molecule has 226 valence electrons. The van der Waals surface area contributed by atoms with Crippen molar-refractivity contribution >= 4 is 33.2 Å². The van der Waals surface area contributed by atoms with Crippen LogP contribution in [0.5, 0.6) is 5.75 Å². The summed E-state index contributed by atoms with van der Waals surface area (Å²) >= 11 is 6.38. The predicted octanol–water partition coefficient (Wildman–Crippen LogP) is 5.73. The standard InChI is InChI=1S/C33H42ClN3O4S/c1-5-8-23(3)24(4)42(39,40)35-32(38)26-10-13-31-30(19-26)37(20-28-14-17-36(28)16-6-2)21-33(22-41-31)15-7-9-25-18-27(34)11-12-29(25)33/h5-6,10-13,18-19,23-24,28H,1-2,7-9,14-17,20-22H2,3-4H3,(H,35,38)/t23-,24+,28-,33-/m0/s1. The van der Waals surface area contributed by atoms with E-state index < -0.39 is 21.2 Å². The Morgan fingerprint density at radius 3 is 2.74 bits per heavy atom. The largest absolute Gasteiger partial charge is 0.490 e. The van der Waals surface area contributed by atoms with E-state index in [0.717, 1.165) is 62.6 Å². The van der Waals surface area contributed by atoms with Crippen molar-refractivity contribution in [3.05, 3.63) is 83.4 Å². The molecule has 42 heavy (non-hydrogen) atoms. The Balaban J connectivity index is 1.48. The summed E-state index contributed by atoms with van der Waals surface area (Å²) in [4.78, 5) is 18.1. The number of amides is 1. The zero-order valence-corrected chi connectivity index (χ0v) is 26.2. The van der Waals surface area contributed by atoms with Crippen LogP contribution in [0.4, 0.5) is 5.69 Å². The number of nitrogens with zero attached hydrogens (tertiary/aromatic N) is 2. The molecule has 9 heteroatoms. The summed E-state index contributed by atoms with van der Waals surface area (Å²) in [5.74, 6) is -0.104. The van der Waals surface area contributed by atoms with Gasteiger partial charge in [0.2, 0.25) is 10.0 Å². The minimum atomic E-state index is -3.88. The molecule has 1 saturated heterocycles. The highest BCUT2D eigenvalue weighted by molar-refractivity contribution is 7.90. The summed E-state index contributed by atoms with van der Waals surface area (Å²) in [6, 6.07) is 11.8. The summed E-state index contributed by atoms with van der Waals surface area (Å²) in [7, 11) is -3.88. The summed E-state index contributed by atoms with van der Waals surface area (Å²) in [6.45, 7) is 15.0. The van der Waals surface area contributed by atoms with Crippen LogP contribution in [-0.4, -0.2) is 63.3 Å². The molecule has 3 aliphatic rings. The smallest absolute Gasteiger partial charge is 0.264 e. The van der Waals surface area contributed by atoms with E-state index in [9.17, 15) is 13.2 Å². The van der Waals surface area contributed by atoms with Gasteiger partial charge in [-0.3, -0.25) is 9.69 Å². The predicted molar refractivity (Wildman–Crippen MR) is 170 cm³/mol. The molecule has 7 nitrogen and oxygen atoms in total. The summed E-state index contributed by atoms with van der Waals surface area (Å²) in [5, 5.41) is 0.00290. The third-order valence-corrected chi connectivity index (χ3v) is 11.6. The van der Waals surface area contributed by atoms with Crippen LogP contribution in [0.2, 0.25) is 5.02 Å². The molecule has 4 atom stereocenters. The summed E-state index contributed by atoms with van der Waals surface area (Å²) in [6.07, 6.45) is 8.28. The van der Waals surface area contributed by atoms with E-state index in [1.165, 1.54) is 11.1 Å². The van der Waals surface area contributed by atoms with Gasteiger partial charge in [0.25, 0.3) is 5.91 Å². The van der Waals surface area contributed by atoms with E-state index >= 15 is 0 Å². The van der Waals surface area contributed by atoms with Crippen LogP contribution in [0.15, 0.2) is 61.7 Å². The first-order chi connectivity index (χ1) is 20.1. The van der Waals surface area contributed by atoms with E-state index in [0.29, 0.717) is 24.8 Å². The highest BCUT2D eigenvalue weighted by atomic mass is 35.5. The number of carbonyl (C=O) groups is 1. The normalized spacial score (nSPS) is 23.4. The van der Waals surface area contributed by atoms with Gasteiger partial charge in [-0.05, 0) is 86.4 Å². The van der Waals surface area contributed by atoms with Crippen molar-refractivity contribution in [2.45, 2.75) is 62.7 Å². The third-order valence-electron chi connectivity index (χ3n) is 9.42. The first-order valence-electron chi connectivity index (χ1n) is 14.9. The SMILES string of the molecule is C=CC[C@H](C)[C@@H](C)S(=O)(=O)NC(=O)c1ccc2c(c1)N(C[C@@H]1CCN1CC=C)C[C@@]1(CCCc3cc(Cl)ccc31)CO2. The van der Waals surface area contributed by atoms with E-state index in [-0.39, 0.29) is 16.9 Å². The van der Waals surface area contributed by atoms with Crippen LogP contribution in [0.25, 0.3) is 0 Å². The Hall–Kier alpha value is -2.81. The third kappa shape index (κ3) is 6.12. The van der Waals surface area contributed by atoms with Gasteiger partial charge in [-0.15, -0.1) is 13.2 Å². The Morgan fingerprint density at radius 1 is 1.21 bits per heavy atom. The second-order valence-corrected chi connectivity index (χ2v) is 14.7. The Bertz CT molecular complexity index is 1460. The van der Waals surface area contributed by atoms with Crippen LogP contribution in [-0.2, 0) is 21.9 Å². The van der Waals surface area contributed by atoms with Crippen LogP contribution in [0.3, 0.4) is 0 Å². The monoisotopic (exact) mass is 611 g/mol. The molecular weight excluding hydrogens is 570 g/mol. The Morgan fingerprint density at radius 2 is 2.02 bits per heavy atom. The van der Waals surface area contributed by atoms with Crippen LogP contribution in [0, 0.1) is 5.92 Å². The highest BCUT2D eigenvalue weighted by Crippen LogP contribution is 2.45. The number of hydrogen-bond acceptors (Lipinski definition) is 6. The number of sulfonamides is 1. The summed E-state index contributed by atoms with van der Waals surface area (Å²) < 4.78 is 34.9. The molecule has 0 saturated carbocycles. The molecule has 0 unspecified atom stereocenters. The minimum absolute atomic E-state index is 0.172. The molecular formula is C33H42ClN3O4S. The molecule has 0 radical (unpaired) electrons. The van der Waals surface area contributed by atoms with Crippen molar-refractivity contribution in [2.24, 2.45) is 5.92 Å². The molecule has 0 aromatic heterocycles. The number of halogens is 1. The lowest BCUT2D eigenvalue weighted by Crippen LogP contribution is -2.55. The fourth-order valence-electron chi connectivity index (χ4n) is 6.66. The number of ether oxygens (including phenoxy) is 1. The van der Waals surface area contributed by atoms with Gasteiger partial charge in [0.1, 0.15) is 5.75 Å². The van der Waals surface area contributed by atoms with E-state index in [1.807, 2.05) is 19.1 Å². The number of fused-ring (bicyclic) bond motifs is 3. The van der Waals surface area contributed by atoms with Gasteiger partial charge in [0.05, 0.1) is 17.5 Å². The highest BCUT2D eigenvalue weighted by Gasteiger charge is 2.43. The molecule has 1 N–H and O–H groups in total. The molecule has 2 aromatic carbocycles. The number of anilines is 1. The van der Waals surface area contributed by atoms with E-state index in [4.69, 9.17) is 16.3 Å². The molecule has 1 amide bonds. The zero-order valence-electron chi connectivity index (χ0n) is 24.6. The molecule has 1 fully saturated rings. The van der Waals surface area contributed by atoms with Gasteiger partial charge in [0.15, 0.2) is 0 Å². The van der Waals surface area contributed by atoms with Gasteiger partial charge in [-0.25, -0.2) is 13.1 Å². The van der Waals surface area contributed by atoms with Crippen molar-refractivity contribution in [2.75, 3.05) is 37.7 Å². The van der Waals surface area contributed by atoms with Crippen molar-refractivity contribution in [3.8, 4) is 5.75 Å². The lowest BCUT2D eigenvalue weighted by molar-refractivity contribution is 0.0981. The molecule has 2 aromatic rings. The average molecular weight is 612 g/mol. The number of aryl methyl sites for hydroxylation is 1. The van der Waals surface area contributed by atoms with Crippen molar-refractivity contribution < 1.29 is 17.9 Å². The minimum Gasteiger partial charge on any atom is -0.490 e. The first-order valence-corrected chi connectivity index (χ1v) is 16.8. The average Bonchev–Trinajstić information content (AvgIpc) is 3.10. The molecule has 1 aliphatic carbocycles. The Kier molecular flexibility index (Phi) is 9.07. The molecule has 1 spiro atoms. The van der Waals surface area contributed by atoms with Crippen molar-refractivity contribution in [1.29, 1.82) is 0 Å². The number of allylic oxidation sites excluding steroid dienone is 1. The number of likely N-dealkylation sites (tertiary alicyclic amines) is 1. The second-order valence-electron chi connectivity index (χ2n) is 12.2. The maximum atomic E-state index is 13.3. The van der Waals surface area contributed by atoms with Gasteiger partial charge < -0.3 is 9.64 Å². The number of nitrogens with one attached hydrogen (secondary N) is 1. The fourth-order valence-corrected chi connectivity index (χ4v) is 8.14. The van der Waals surface area contributed by atoms with Gasteiger partial charge in [-0.1, -0.05) is 36.7 Å². The lowest BCUT2D eigenvalue weighted by Gasteiger charge is -2.46. The molecule has 5 rings (SSSR count). The quantitative estimate of drug-likeness (QED) is 0.346. The fraction of sp³-hybridized carbons (Fsp3) is 0.485. The number of rotatable bonds is 10. The maximum absolute atomic E-state index is 13.3. The second kappa shape index (κ2) is 12.4. The van der Waals surface area contributed by atoms with Crippen molar-refractivity contribution in [1.82, 2.24) is 9.62 Å².